The molecule has 1 aromatic carbocycles. The molecule has 1 fully saturated rings. The van der Waals surface area contributed by atoms with Crippen molar-refractivity contribution < 1.29 is 87.5 Å². The summed E-state index contributed by atoms with van der Waals surface area (Å²) in [4.78, 5) is 194. The first-order valence-corrected chi connectivity index (χ1v) is 34.0. The minimum Gasteiger partial charge on any atom is -0.453 e. The first-order chi connectivity index (χ1) is 47.3. The Balaban J connectivity index is 2.44. The molecule has 18 N–H and O–H groups in total. The number of primary amides is 1. The average molecular weight is 1420 g/mol. The van der Waals surface area contributed by atoms with Crippen molar-refractivity contribution in [3.8, 4) is 0 Å². The summed E-state index contributed by atoms with van der Waals surface area (Å²) in [5.41, 5.74) is 6.95. The molecule has 3 rings (SSSR count). The molecule has 0 bridgehead atoms. The summed E-state index contributed by atoms with van der Waals surface area (Å²) in [6.07, 6.45) is -6.76. The van der Waals surface area contributed by atoms with E-state index < -0.39 is 187 Å². The van der Waals surface area contributed by atoms with Gasteiger partial charge in [0, 0.05) is 23.6 Å². The van der Waals surface area contributed by atoms with E-state index in [1.54, 1.807) is 68.4 Å². The predicted molar refractivity (Wildman–Crippen MR) is 369 cm³/mol. The number of ether oxygens (including phenoxy) is 1. The lowest BCUT2D eigenvalue weighted by Crippen LogP contribution is -2.64. The monoisotopic (exact) mass is 1420 g/mol. The van der Waals surface area contributed by atoms with Crippen molar-refractivity contribution in [1.82, 2.24) is 68.5 Å². The molecule has 2 heterocycles. The molecule has 1 aromatic heterocycles. The maximum Gasteiger partial charge on any atom is 0.331 e. The molecule has 33 heteroatoms. The number of carbonyl (C=O) groups is 13. The van der Waals surface area contributed by atoms with E-state index in [0.717, 1.165) is 6.92 Å². The number of esters is 1. The normalized spacial score (nSPS) is 23.5. The van der Waals surface area contributed by atoms with Gasteiger partial charge in [-0.05, 0) is 114 Å². The second-order valence-corrected chi connectivity index (χ2v) is 27.2. The third-order valence-corrected chi connectivity index (χ3v) is 16.2. The number of aryl methyl sites for hydroxylation is 2. The van der Waals surface area contributed by atoms with Crippen LogP contribution in [0.5, 0.6) is 0 Å². The van der Waals surface area contributed by atoms with Gasteiger partial charge < -0.3 is 94.7 Å². The van der Waals surface area contributed by atoms with Gasteiger partial charge in [0.1, 0.15) is 54.4 Å². The molecule has 2 aromatic rings. The van der Waals surface area contributed by atoms with Crippen LogP contribution in [0.4, 0.5) is 5.95 Å². The van der Waals surface area contributed by atoms with Gasteiger partial charge in [-0.3, -0.25) is 57.5 Å². The molecule has 0 unspecified atom stereocenters. The summed E-state index contributed by atoms with van der Waals surface area (Å²) in [6, 6.07) is -9.06. The van der Waals surface area contributed by atoms with Crippen LogP contribution in [0, 0.1) is 43.4 Å². The molecule has 33 nitrogen and oxygen atoms in total. The van der Waals surface area contributed by atoms with Gasteiger partial charge in [0.05, 0.1) is 25.4 Å². The number of hydrogen-bond donors (Lipinski definition) is 17. The van der Waals surface area contributed by atoms with Crippen molar-refractivity contribution in [3.05, 3.63) is 65.1 Å². The summed E-state index contributed by atoms with van der Waals surface area (Å²) in [5.74, 6) is -17.1. The fourth-order valence-electron chi connectivity index (χ4n) is 10.8. The lowest BCUT2D eigenvalue weighted by Gasteiger charge is -2.34. The molecule has 11 amide bonds. The Hall–Kier alpha value is -9.21. The van der Waals surface area contributed by atoms with Crippen LogP contribution >= 0.6 is 0 Å². The second-order valence-electron chi connectivity index (χ2n) is 27.2. The number of allylic oxidation sites excluding steroid dienone is 2. The molecule has 15 atom stereocenters. The van der Waals surface area contributed by atoms with Gasteiger partial charge >= 0.3 is 5.97 Å². The Morgan fingerprint density at radius 1 is 0.644 bits per heavy atom. The fourth-order valence-corrected chi connectivity index (χ4v) is 10.8. The SMILES string of the molecule is CC[C@H](C)[C@@H]1NC(=O)[C@@H](CCCNc2nc(C)cc(C)n2)NC(=O)[C@H](CC(C)C)NC(=O)[C@H]([C@H](O)C(C)C)NC(=O)[C@@H](NC(=O)[C@H](CC(C)C)NC(=O)[C@@H](CC(C)C)N/C(C)=C/C(C)=O)[C@@H](c2ccccc2)OC(=O)[C@H](CO)NC(=O)[C@H]([C@H](O)C(N)=O)NC(=O)CNC(=O)[C@H]([C@H](C)O)NC1=O. The third-order valence-electron chi connectivity index (χ3n) is 16.2. The number of ketones is 1. The van der Waals surface area contributed by atoms with E-state index in [1.807, 2.05) is 19.2 Å². The van der Waals surface area contributed by atoms with Crippen molar-refractivity contribution in [2.75, 3.05) is 25.0 Å². The molecule has 0 saturated carbocycles. The van der Waals surface area contributed by atoms with Gasteiger partial charge in [-0.2, -0.15) is 0 Å². The van der Waals surface area contributed by atoms with Crippen LogP contribution in [0.3, 0.4) is 0 Å². The van der Waals surface area contributed by atoms with Gasteiger partial charge in [0.15, 0.2) is 24.0 Å². The molecule has 562 valence electrons. The second kappa shape index (κ2) is 41.5. The van der Waals surface area contributed by atoms with Gasteiger partial charge in [0.2, 0.25) is 70.9 Å². The zero-order valence-corrected chi connectivity index (χ0v) is 60.4. The zero-order valence-electron chi connectivity index (χ0n) is 60.4. The number of nitrogens with one attached hydrogen (secondary N) is 12. The lowest BCUT2D eigenvalue weighted by atomic mass is 9.95. The molecule has 0 aliphatic carbocycles. The van der Waals surface area contributed by atoms with E-state index in [2.05, 4.69) is 68.5 Å². The van der Waals surface area contributed by atoms with Crippen LogP contribution in [0.2, 0.25) is 0 Å². The Morgan fingerprint density at radius 2 is 1.18 bits per heavy atom. The van der Waals surface area contributed by atoms with Crippen molar-refractivity contribution in [2.45, 2.75) is 227 Å². The van der Waals surface area contributed by atoms with E-state index in [0.29, 0.717) is 17.1 Å². The summed E-state index contributed by atoms with van der Waals surface area (Å²) in [5, 5.41) is 75.2. The van der Waals surface area contributed by atoms with Crippen LogP contribution in [-0.2, 0) is 67.1 Å². The minimum atomic E-state index is -2.59. The number of amides is 11. The third kappa shape index (κ3) is 28.4. The molecule has 1 saturated heterocycles. The number of hydrogen-bond acceptors (Lipinski definition) is 22. The highest BCUT2D eigenvalue weighted by atomic mass is 16.5. The number of nitrogens with two attached hydrogens (primary N) is 1. The van der Waals surface area contributed by atoms with Gasteiger partial charge in [-0.1, -0.05) is 106 Å². The number of aliphatic hydroxyl groups is 4. The number of carbonyl (C=O) groups excluding carboxylic acids is 13. The highest BCUT2D eigenvalue weighted by Gasteiger charge is 2.44. The minimum absolute atomic E-state index is 0.0846. The number of anilines is 1. The van der Waals surface area contributed by atoms with Gasteiger partial charge in [-0.25, -0.2) is 14.8 Å². The van der Waals surface area contributed by atoms with Crippen LogP contribution in [0.25, 0.3) is 0 Å². The molecule has 101 heavy (non-hydrogen) atoms. The molecule has 1 aliphatic rings. The van der Waals surface area contributed by atoms with Crippen LogP contribution in [-0.4, -0.2) is 206 Å². The number of benzene rings is 1. The number of aromatic nitrogens is 2. The van der Waals surface area contributed by atoms with E-state index >= 15 is 14.4 Å². The standard InChI is InChI=1S/C68H107N15O18/c1-16-36(10)49-63(96)81-50(41(15)86)62(95)71-30-48(87)79-52(55(89)57(69)90)65(98)78-47(31-84)67(100)101-56(42-21-18-17-19-22-42)53(83-61(94)46(27-34(6)7)76-59(92)44(25-32(2)3)72-39(13)29-40(14)85)66(99)82-51(54(88)35(8)9)64(97)77-45(26-33(4)5)60(93)75-43(58(91)80-49)23-20-24-70-68-73-37(11)28-38(12)74-68/h17-19,21-22,28-29,32-36,41,43-47,49-56,72,84,86,88-89H,16,20,23-27,30-31H2,1-15H3,(H2,69,90)(H,71,95)(H,75,93)(H,76,92)(H,77,97)(H,78,98)(H,79,87)(H,80,91)(H,81,96)(H,82,99)(H,83,94)(H,70,73,74)/b39-29+/t36-,41-,43+,44+,45-,46-,47-,49-,50-,51-,52-,53-,54+,55-,56+/m0/s1. The van der Waals surface area contributed by atoms with Crippen LogP contribution < -0.4 is 69.5 Å². The van der Waals surface area contributed by atoms with Gasteiger partial charge in [-0.15, -0.1) is 0 Å². The lowest BCUT2D eigenvalue weighted by molar-refractivity contribution is -0.159. The van der Waals surface area contributed by atoms with Crippen LogP contribution in [0.1, 0.15) is 152 Å². The predicted octanol–water partition coefficient (Wildman–Crippen LogP) is -2.07. The van der Waals surface area contributed by atoms with E-state index in [-0.39, 0.29) is 74.2 Å². The number of cyclic esters (lactones) is 1. The average Bonchev–Trinajstić information content (AvgIpc) is 0.814. The van der Waals surface area contributed by atoms with Crippen LogP contribution in [0.15, 0.2) is 48.2 Å². The maximum atomic E-state index is 15.6. The van der Waals surface area contributed by atoms with Gasteiger partial charge in [0.25, 0.3) is 0 Å². The van der Waals surface area contributed by atoms with Crippen molar-refractivity contribution in [2.24, 2.45) is 35.3 Å². The maximum absolute atomic E-state index is 15.6. The Labute approximate surface area is 589 Å². The first kappa shape index (κ1) is 86.0. The topological polar surface area (TPSA) is 508 Å². The number of nitrogens with zero attached hydrogens (tertiary/aromatic N) is 2. The summed E-state index contributed by atoms with van der Waals surface area (Å²) >= 11 is 0. The number of aliphatic hydroxyl groups excluding tert-OH is 4. The van der Waals surface area contributed by atoms with E-state index in [4.69, 9.17) is 10.5 Å². The van der Waals surface area contributed by atoms with E-state index in [1.165, 1.54) is 57.2 Å². The van der Waals surface area contributed by atoms with Crippen molar-refractivity contribution >= 4 is 82.7 Å². The number of rotatable bonds is 27. The summed E-state index contributed by atoms with van der Waals surface area (Å²) in [6.45, 7) is 22.1. The summed E-state index contributed by atoms with van der Waals surface area (Å²) in [7, 11) is 0. The fraction of sp³-hybridized carbons (Fsp3) is 0.632. The quantitative estimate of drug-likeness (QED) is 0.0260. The Bertz CT molecular complexity index is 3200. The largest absolute Gasteiger partial charge is 0.453 e. The Kier molecular flexibility index (Phi) is 35.4. The molecular weight excluding hydrogens is 1310 g/mol. The Morgan fingerprint density at radius 3 is 1.71 bits per heavy atom. The van der Waals surface area contributed by atoms with E-state index in [9.17, 15) is 68.4 Å². The van der Waals surface area contributed by atoms with Crippen molar-refractivity contribution in [1.29, 1.82) is 0 Å². The zero-order chi connectivity index (χ0) is 76.3. The highest BCUT2D eigenvalue weighted by molar-refractivity contribution is 6.00. The smallest absolute Gasteiger partial charge is 0.331 e. The molecule has 0 radical (unpaired) electrons. The molecular formula is C68H107N15O18. The summed E-state index contributed by atoms with van der Waals surface area (Å²) < 4.78 is 6.00. The molecule has 0 spiro atoms. The van der Waals surface area contributed by atoms with Crippen molar-refractivity contribution in [3.63, 3.8) is 0 Å². The first-order valence-electron chi connectivity index (χ1n) is 34.0. The molecule has 1 aliphatic heterocycles. The highest BCUT2D eigenvalue weighted by Crippen LogP contribution is 2.25.